The van der Waals surface area contributed by atoms with E-state index in [9.17, 15) is 8.78 Å². The minimum atomic E-state index is -0.535. The Morgan fingerprint density at radius 1 is 0.929 bits per heavy atom. The molecule has 1 nitrogen and oxygen atoms in total. The summed E-state index contributed by atoms with van der Waals surface area (Å²) < 4.78 is 27.5. The predicted octanol–water partition coefficient (Wildman–Crippen LogP) is 2.81. The van der Waals surface area contributed by atoms with E-state index in [1.54, 1.807) is 0 Å². The third-order valence-corrected chi connectivity index (χ3v) is 1.95. The van der Waals surface area contributed by atoms with Gasteiger partial charge in [0.15, 0.2) is 0 Å². The second kappa shape index (κ2) is 3.62. The lowest BCUT2D eigenvalue weighted by Crippen LogP contribution is -1.97. The zero-order chi connectivity index (χ0) is 9.97. The van der Waals surface area contributed by atoms with Crippen molar-refractivity contribution in [3.63, 3.8) is 0 Å². The van der Waals surface area contributed by atoms with Gasteiger partial charge in [0.1, 0.15) is 11.6 Å². The lowest BCUT2D eigenvalue weighted by molar-refractivity contribution is 0.577. The first-order valence-corrected chi connectivity index (χ1v) is 4.30. The molecule has 3 heteroatoms. The first-order chi connectivity index (χ1) is 6.74. The zero-order valence-electron chi connectivity index (χ0n) is 7.45. The number of halogens is 2. The Morgan fingerprint density at radius 3 is 2.07 bits per heavy atom. The van der Waals surface area contributed by atoms with Crippen LogP contribution in [-0.4, -0.2) is 4.57 Å². The molecule has 0 saturated heterocycles. The maximum absolute atomic E-state index is 12.8. The Balaban J connectivity index is 2.25. The van der Waals surface area contributed by atoms with Crippen LogP contribution in [0.25, 0.3) is 0 Å². The summed E-state index contributed by atoms with van der Waals surface area (Å²) in [4.78, 5) is 0. The van der Waals surface area contributed by atoms with Crippen molar-refractivity contribution in [1.29, 1.82) is 0 Å². The molecule has 0 unspecified atom stereocenters. The molecule has 0 aliphatic carbocycles. The van der Waals surface area contributed by atoms with Crippen molar-refractivity contribution in [3.05, 3.63) is 59.9 Å². The molecule has 0 amide bonds. The Labute approximate surface area is 80.6 Å². The number of nitrogens with zero attached hydrogens (tertiary/aromatic N) is 1. The average molecular weight is 193 g/mol. The summed E-state index contributed by atoms with van der Waals surface area (Å²) in [6, 6.07) is 7.29. The highest BCUT2D eigenvalue weighted by Crippen LogP contribution is 2.09. The molecule has 0 atom stereocenters. The summed E-state index contributed by atoms with van der Waals surface area (Å²) >= 11 is 0. The molecule has 1 heterocycles. The lowest BCUT2D eigenvalue weighted by atomic mass is 10.2. The topological polar surface area (TPSA) is 4.93 Å². The third kappa shape index (κ3) is 1.99. The number of hydrogen-bond acceptors (Lipinski definition) is 0. The molecule has 0 radical (unpaired) electrons. The van der Waals surface area contributed by atoms with E-state index in [4.69, 9.17) is 0 Å². The van der Waals surface area contributed by atoms with Crippen LogP contribution < -0.4 is 0 Å². The number of aromatic nitrogens is 1. The number of rotatable bonds is 2. The van der Waals surface area contributed by atoms with Crippen LogP contribution in [0.4, 0.5) is 8.78 Å². The zero-order valence-corrected chi connectivity index (χ0v) is 7.45. The molecular weight excluding hydrogens is 184 g/mol. The predicted molar refractivity (Wildman–Crippen MR) is 49.9 cm³/mol. The standard InChI is InChI=1S/C11H9F2N/c12-10-5-9(6-11(13)7-10)8-14-3-1-2-4-14/h1-7H,8H2. The van der Waals surface area contributed by atoms with Crippen molar-refractivity contribution in [1.82, 2.24) is 4.57 Å². The van der Waals surface area contributed by atoms with Crippen LogP contribution in [0.3, 0.4) is 0 Å². The molecule has 0 fully saturated rings. The van der Waals surface area contributed by atoms with E-state index in [-0.39, 0.29) is 0 Å². The van der Waals surface area contributed by atoms with Gasteiger partial charge in [0.2, 0.25) is 0 Å². The van der Waals surface area contributed by atoms with Crippen LogP contribution in [0.5, 0.6) is 0 Å². The SMILES string of the molecule is Fc1cc(F)cc(Cn2cccc2)c1. The van der Waals surface area contributed by atoms with Crippen molar-refractivity contribution in [2.24, 2.45) is 0 Å². The highest BCUT2D eigenvalue weighted by Gasteiger charge is 2.00. The van der Waals surface area contributed by atoms with E-state index in [0.717, 1.165) is 6.07 Å². The smallest absolute Gasteiger partial charge is 0.126 e. The van der Waals surface area contributed by atoms with E-state index in [2.05, 4.69) is 0 Å². The fourth-order valence-electron chi connectivity index (χ4n) is 1.39. The largest absolute Gasteiger partial charge is 0.350 e. The van der Waals surface area contributed by atoms with Gasteiger partial charge in [0.05, 0.1) is 0 Å². The number of hydrogen-bond donors (Lipinski definition) is 0. The monoisotopic (exact) mass is 193 g/mol. The Kier molecular flexibility index (Phi) is 2.31. The van der Waals surface area contributed by atoms with Crippen LogP contribution in [0.2, 0.25) is 0 Å². The van der Waals surface area contributed by atoms with Gasteiger partial charge in [-0.1, -0.05) is 0 Å². The summed E-state index contributed by atoms with van der Waals surface area (Å²) in [7, 11) is 0. The fourth-order valence-corrected chi connectivity index (χ4v) is 1.39. The van der Waals surface area contributed by atoms with Gasteiger partial charge in [0.25, 0.3) is 0 Å². The molecule has 0 aliphatic heterocycles. The summed E-state index contributed by atoms with van der Waals surface area (Å²) in [6.07, 6.45) is 3.70. The third-order valence-electron chi connectivity index (χ3n) is 1.95. The quantitative estimate of drug-likeness (QED) is 0.691. The first kappa shape index (κ1) is 8.94. The molecule has 0 spiro atoms. The van der Waals surface area contributed by atoms with Gasteiger partial charge in [-0.2, -0.15) is 0 Å². The van der Waals surface area contributed by atoms with Crippen LogP contribution in [-0.2, 0) is 6.54 Å². The highest BCUT2D eigenvalue weighted by molar-refractivity contribution is 5.18. The van der Waals surface area contributed by atoms with Gasteiger partial charge in [-0.15, -0.1) is 0 Å². The maximum Gasteiger partial charge on any atom is 0.126 e. The molecule has 14 heavy (non-hydrogen) atoms. The van der Waals surface area contributed by atoms with Crippen LogP contribution in [0.1, 0.15) is 5.56 Å². The second-order valence-electron chi connectivity index (χ2n) is 3.13. The molecule has 0 aliphatic rings. The van der Waals surface area contributed by atoms with Gasteiger partial charge in [-0.3, -0.25) is 0 Å². The van der Waals surface area contributed by atoms with Gasteiger partial charge in [-0.25, -0.2) is 8.78 Å². The van der Waals surface area contributed by atoms with E-state index in [1.165, 1.54) is 12.1 Å². The van der Waals surface area contributed by atoms with Gasteiger partial charge >= 0.3 is 0 Å². The van der Waals surface area contributed by atoms with E-state index in [1.807, 2.05) is 29.1 Å². The summed E-state index contributed by atoms with van der Waals surface area (Å²) in [5, 5.41) is 0. The molecular formula is C11H9F2N. The minimum absolute atomic E-state index is 0.488. The molecule has 2 aromatic rings. The Bertz CT molecular complexity index is 401. The van der Waals surface area contributed by atoms with Crippen LogP contribution in [0.15, 0.2) is 42.7 Å². The first-order valence-electron chi connectivity index (χ1n) is 4.30. The molecule has 1 aromatic carbocycles. The second-order valence-corrected chi connectivity index (χ2v) is 3.13. The van der Waals surface area contributed by atoms with E-state index in [0.29, 0.717) is 12.1 Å². The van der Waals surface area contributed by atoms with Crippen molar-refractivity contribution < 1.29 is 8.78 Å². The minimum Gasteiger partial charge on any atom is -0.350 e. The summed E-state index contributed by atoms with van der Waals surface area (Å²) in [6.45, 7) is 0.488. The highest BCUT2D eigenvalue weighted by atomic mass is 19.1. The average Bonchev–Trinajstić information content (AvgIpc) is 2.54. The molecule has 0 N–H and O–H groups in total. The molecule has 2 rings (SSSR count). The van der Waals surface area contributed by atoms with Crippen LogP contribution >= 0.6 is 0 Å². The molecule has 72 valence electrons. The summed E-state index contributed by atoms with van der Waals surface area (Å²) in [5.41, 5.74) is 0.624. The molecule has 0 saturated carbocycles. The Morgan fingerprint density at radius 2 is 1.50 bits per heavy atom. The van der Waals surface area contributed by atoms with E-state index < -0.39 is 11.6 Å². The van der Waals surface area contributed by atoms with Crippen molar-refractivity contribution in [2.75, 3.05) is 0 Å². The fraction of sp³-hybridized carbons (Fsp3) is 0.0909. The van der Waals surface area contributed by atoms with Crippen molar-refractivity contribution in [3.8, 4) is 0 Å². The molecule has 0 bridgehead atoms. The van der Waals surface area contributed by atoms with Gasteiger partial charge in [-0.05, 0) is 29.8 Å². The normalized spacial score (nSPS) is 10.4. The number of benzene rings is 1. The lowest BCUT2D eigenvalue weighted by Gasteiger charge is -2.03. The Hall–Kier alpha value is -1.64. The van der Waals surface area contributed by atoms with E-state index >= 15 is 0 Å². The van der Waals surface area contributed by atoms with Gasteiger partial charge < -0.3 is 4.57 Å². The maximum atomic E-state index is 12.8. The van der Waals surface area contributed by atoms with Crippen molar-refractivity contribution >= 4 is 0 Å². The molecule has 1 aromatic heterocycles. The van der Waals surface area contributed by atoms with Crippen LogP contribution in [0, 0.1) is 11.6 Å². The van der Waals surface area contributed by atoms with Crippen molar-refractivity contribution in [2.45, 2.75) is 6.54 Å². The van der Waals surface area contributed by atoms with Gasteiger partial charge in [0, 0.05) is 25.0 Å². The summed E-state index contributed by atoms with van der Waals surface area (Å²) in [5.74, 6) is -1.07.